The van der Waals surface area contributed by atoms with Crippen molar-refractivity contribution < 1.29 is 23.1 Å². The number of rotatable bonds is 4. The highest BCUT2D eigenvalue weighted by atomic mass is 19.4. The van der Waals surface area contributed by atoms with E-state index >= 15 is 0 Å². The summed E-state index contributed by atoms with van der Waals surface area (Å²) in [4.78, 5) is 17.9. The van der Waals surface area contributed by atoms with Gasteiger partial charge in [0.15, 0.2) is 0 Å². The second-order valence-corrected chi connectivity index (χ2v) is 4.85. The lowest BCUT2D eigenvalue weighted by Gasteiger charge is -2.16. The Hall–Kier alpha value is -2.09. The molecule has 0 saturated carbocycles. The van der Waals surface area contributed by atoms with Crippen molar-refractivity contribution in [3.05, 3.63) is 35.3 Å². The summed E-state index contributed by atoms with van der Waals surface area (Å²) in [5, 5.41) is 8.91. The largest absolute Gasteiger partial charge is 0.417 e. The normalized spacial score (nSPS) is 11.9. The molecule has 0 saturated heterocycles. The molecule has 120 valence electrons. The zero-order valence-electron chi connectivity index (χ0n) is 12.2. The van der Waals surface area contributed by atoms with E-state index < -0.39 is 17.6 Å². The molecule has 2 rings (SSSR count). The second-order valence-electron chi connectivity index (χ2n) is 4.85. The Morgan fingerprint density at radius 3 is 2.64 bits per heavy atom. The van der Waals surface area contributed by atoms with Crippen molar-refractivity contribution >= 4 is 11.6 Å². The van der Waals surface area contributed by atoms with Crippen molar-refractivity contribution in [1.29, 1.82) is 0 Å². The number of amides is 1. The van der Waals surface area contributed by atoms with E-state index in [2.05, 4.69) is 4.98 Å². The minimum absolute atomic E-state index is 0.0915. The summed E-state index contributed by atoms with van der Waals surface area (Å²) >= 11 is 0. The van der Waals surface area contributed by atoms with Gasteiger partial charge < -0.3 is 10.0 Å². The number of carbonyl (C=O) groups excluding carboxylic acids is 1. The second kappa shape index (κ2) is 5.96. The summed E-state index contributed by atoms with van der Waals surface area (Å²) in [6.45, 7) is 1.64. The minimum Gasteiger partial charge on any atom is -0.395 e. The van der Waals surface area contributed by atoms with E-state index in [0.717, 1.165) is 16.7 Å². The van der Waals surface area contributed by atoms with Crippen LogP contribution in [-0.2, 0) is 12.6 Å². The monoisotopic (exact) mass is 315 g/mol. The number of carbonyl (C=O) groups is 1. The molecule has 0 bridgehead atoms. The van der Waals surface area contributed by atoms with Gasteiger partial charge in [-0.2, -0.15) is 13.2 Å². The van der Waals surface area contributed by atoms with Gasteiger partial charge in [-0.25, -0.2) is 4.98 Å². The highest BCUT2D eigenvalue weighted by molar-refractivity contribution is 5.94. The number of nitrogens with zero attached hydrogens (tertiary/aromatic N) is 3. The molecule has 2 aromatic heterocycles. The minimum atomic E-state index is -4.50. The highest BCUT2D eigenvalue weighted by Gasteiger charge is 2.32. The number of fused-ring (bicyclic) bond motifs is 1. The van der Waals surface area contributed by atoms with E-state index in [4.69, 9.17) is 5.11 Å². The molecule has 1 N–H and O–H groups in total. The van der Waals surface area contributed by atoms with Gasteiger partial charge in [-0.05, 0) is 18.6 Å². The van der Waals surface area contributed by atoms with Crippen LogP contribution in [0, 0.1) is 0 Å². The molecule has 0 aromatic carbocycles. The van der Waals surface area contributed by atoms with Crippen molar-refractivity contribution in [2.75, 3.05) is 20.2 Å². The Balaban J connectivity index is 2.61. The van der Waals surface area contributed by atoms with Gasteiger partial charge in [0.05, 0.1) is 17.9 Å². The summed E-state index contributed by atoms with van der Waals surface area (Å²) in [6, 6.07) is 2.18. The quantitative estimate of drug-likeness (QED) is 0.938. The molecule has 2 heterocycles. The molecule has 1 amide bonds. The Bertz CT molecular complexity index is 694. The number of hydrogen-bond acceptors (Lipinski definition) is 3. The molecule has 0 fully saturated rings. The zero-order chi connectivity index (χ0) is 16.5. The lowest BCUT2D eigenvalue weighted by molar-refractivity contribution is -0.137. The number of alkyl halides is 3. The Morgan fingerprint density at radius 2 is 2.09 bits per heavy atom. The van der Waals surface area contributed by atoms with E-state index in [1.54, 1.807) is 6.92 Å². The fourth-order valence-corrected chi connectivity index (χ4v) is 2.17. The Morgan fingerprint density at radius 1 is 1.41 bits per heavy atom. The Kier molecular flexibility index (Phi) is 4.41. The molecular formula is C14H16F3N3O2. The maximum Gasteiger partial charge on any atom is 0.417 e. The number of hydrogen-bond donors (Lipinski definition) is 1. The van der Waals surface area contributed by atoms with Crippen LogP contribution in [0.3, 0.4) is 0 Å². The van der Waals surface area contributed by atoms with E-state index in [1.807, 2.05) is 0 Å². The van der Waals surface area contributed by atoms with Crippen molar-refractivity contribution in [3.63, 3.8) is 0 Å². The number of likely N-dealkylation sites (N-methyl/N-ethyl adjacent to an activating group) is 1. The van der Waals surface area contributed by atoms with Gasteiger partial charge in [-0.1, -0.05) is 6.92 Å². The molecule has 0 aliphatic heterocycles. The summed E-state index contributed by atoms with van der Waals surface area (Å²) in [6.07, 6.45) is -3.21. The molecular weight excluding hydrogens is 299 g/mol. The lowest BCUT2D eigenvalue weighted by Crippen LogP contribution is -2.31. The van der Waals surface area contributed by atoms with Gasteiger partial charge in [-0.15, -0.1) is 0 Å². The van der Waals surface area contributed by atoms with Gasteiger partial charge >= 0.3 is 6.18 Å². The summed E-state index contributed by atoms with van der Waals surface area (Å²) in [7, 11) is 1.48. The molecule has 0 spiro atoms. The number of aryl methyl sites for hydroxylation is 1. The van der Waals surface area contributed by atoms with Crippen LogP contribution in [0.25, 0.3) is 5.65 Å². The predicted octanol–water partition coefficient (Wildman–Crippen LogP) is 1.98. The number of aliphatic hydroxyl groups is 1. The average Bonchev–Trinajstić information content (AvgIpc) is 2.83. The fraction of sp³-hybridized carbons (Fsp3) is 0.429. The smallest absolute Gasteiger partial charge is 0.395 e. The van der Waals surface area contributed by atoms with Gasteiger partial charge in [0.1, 0.15) is 11.3 Å². The van der Waals surface area contributed by atoms with Crippen LogP contribution in [0.4, 0.5) is 13.2 Å². The van der Waals surface area contributed by atoms with E-state index in [-0.39, 0.29) is 24.5 Å². The zero-order valence-corrected chi connectivity index (χ0v) is 12.2. The first-order chi connectivity index (χ1) is 10.3. The topological polar surface area (TPSA) is 57.8 Å². The Labute approximate surface area is 125 Å². The molecule has 0 unspecified atom stereocenters. The molecule has 0 aliphatic carbocycles. The van der Waals surface area contributed by atoms with Crippen LogP contribution in [0.15, 0.2) is 18.3 Å². The highest BCUT2D eigenvalue weighted by Crippen LogP contribution is 2.30. The van der Waals surface area contributed by atoms with Crippen molar-refractivity contribution in [2.24, 2.45) is 0 Å². The third-order valence-electron chi connectivity index (χ3n) is 3.34. The van der Waals surface area contributed by atoms with Crippen LogP contribution in [0.5, 0.6) is 0 Å². The van der Waals surface area contributed by atoms with Crippen molar-refractivity contribution in [2.45, 2.75) is 19.5 Å². The van der Waals surface area contributed by atoms with Gasteiger partial charge in [0.25, 0.3) is 5.91 Å². The van der Waals surface area contributed by atoms with Gasteiger partial charge in [0.2, 0.25) is 0 Å². The fourth-order valence-electron chi connectivity index (χ4n) is 2.17. The van der Waals surface area contributed by atoms with Crippen molar-refractivity contribution in [3.8, 4) is 0 Å². The van der Waals surface area contributed by atoms with Crippen LogP contribution in [0.1, 0.15) is 28.7 Å². The standard InChI is InChI=1S/C14H16F3N3O2/c1-3-10-12(13(22)19(2)6-7-21)20-8-9(14(15,16)17)4-5-11(20)18-10/h4-5,8,21H,3,6-7H2,1-2H3. The number of pyridine rings is 1. The van der Waals surface area contributed by atoms with Crippen LogP contribution < -0.4 is 0 Å². The number of imidazole rings is 1. The first-order valence-electron chi connectivity index (χ1n) is 6.74. The SMILES string of the molecule is CCc1nc2ccc(C(F)(F)F)cn2c1C(=O)N(C)CCO. The molecule has 0 aliphatic rings. The lowest BCUT2D eigenvalue weighted by atomic mass is 10.2. The van der Waals surface area contributed by atoms with Gasteiger partial charge in [0, 0.05) is 19.8 Å². The molecule has 0 atom stereocenters. The first-order valence-corrected chi connectivity index (χ1v) is 6.74. The number of halogens is 3. The third-order valence-corrected chi connectivity index (χ3v) is 3.34. The molecule has 5 nitrogen and oxygen atoms in total. The number of aliphatic hydroxyl groups excluding tert-OH is 1. The predicted molar refractivity (Wildman–Crippen MR) is 73.6 cm³/mol. The molecule has 0 radical (unpaired) electrons. The van der Waals surface area contributed by atoms with Crippen LogP contribution in [-0.4, -0.2) is 45.5 Å². The molecule has 22 heavy (non-hydrogen) atoms. The maximum atomic E-state index is 12.9. The maximum absolute atomic E-state index is 12.9. The van der Waals surface area contributed by atoms with Crippen molar-refractivity contribution in [1.82, 2.24) is 14.3 Å². The van der Waals surface area contributed by atoms with Crippen LogP contribution >= 0.6 is 0 Å². The van der Waals surface area contributed by atoms with E-state index in [9.17, 15) is 18.0 Å². The van der Waals surface area contributed by atoms with Crippen LogP contribution in [0.2, 0.25) is 0 Å². The first kappa shape index (κ1) is 16.3. The van der Waals surface area contributed by atoms with E-state index in [0.29, 0.717) is 12.1 Å². The average molecular weight is 315 g/mol. The summed E-state index contributed by atoms with van der Waals surface area (Å²) in [5.41, 5.74) is -0.0434. The molecule has 8 heteroatoms. The van der Waals surface area contributed by atoms with E-state index in [1.165, 1.54) is 18.0 Å². The van der Waals surface area contributed by atoms with Gasteiger partial charge in [-0.3, -0.25) is 9.20 Å². The summed E-state index contributed by atoms with van der Waals surface area (Å²) in [5.74, 6) is -0.474. The molecule has 2 aromatic rings. The number of aromatic nitrogens is 2. The third kappa shape index (κ3) is 2.92. The summed E-state index contributed by atoms with van der Waals surface area (Å²) < 4.78 is 39.7.